The van der Waals surface area contributed by atoms with Crippen molar-refractivity contribution in [2.45, 2.75) is 18.9 Å². The Labute approximate surface area is 198 Å². The molecule has 1 fully saturated rings. The first-order chi connectivity index (χ1) is 16.6. The van der Waals surface area contributed by atoms with Crippen molar-refractivity contribution < 1.29 is 28.9 Å². The summed E-state index contributed by atoms with van der Waals surface area (Å²) in [4.78, 5) is 16.1. The highest BCUT2D eigenvalue weighted by Gasteiger charge is 2.44. The fraction of sp³-hybridized carbons (Fsp3) is 0.222. The number of aliphatic carboxylic acids is 1. The lowest BCUT2D eigenvalue weighted by atomic mass is 10.1. The molecule has 2 unspecified atom stereocenters. The maximum Gasteiger partial charge on any atom is 0.307 e. The Balaban J connectivity index is 1.31. The molecule has 0 spiro atoms. The van der Waals surface area contributed by atoms with Crippen LogP contribution < -0.4 is 19.7 Å². The van der Waals surface area contributed by atoms with Crippen LogP contribution in [-0.2, 0) is 16.2 Å². The fourth-order valence-corrected chi connectivity index (χ4v) is 3.64. The van der Waals surface area contributed by atoms with Gasteiger partial charge >= 0.3 is 5.97 Å². The molecule has 2 N–H and O–H groups in total. The number of hydroxylamine groups is 1. The molecular formula is C27H27NO6. The summed E-state index contributed by atoms with van der Waals surface area (Å²) in [6, 6.07) is 22.8. The quantitative estimate of drug-likeness (QED) is 0.307. The normalized spacial score (nSPS) is 17.1. The largest absolute Gasteiger partial charge is 0.497 e. The Bertz CT molecular complexity index is 1120. The predicted octanol–water partition coefficient (Wildman–Crippen LogP) is 4.99. The van der Waals surface area contributed by atoms with Gasteiger partial charge in [0, 0.05) is 5.56 Å². The highest BCUT2D eigenvalue weighted by Crippen LogP contribution is 2.47. The van der Waals surface area contributed by atoms with Crippen molar-refractivity contribution in [3.8, 4) is 17.2 Å². The lowest BCUT2D eigenvalue weighted by Crippen LogP contribution is -2.11. The Kier molecular flexibility index (Phi) is 7.34. The standard InChI is InChI=1S/C27H27NO6/c1-31-21-11-7-20(8-12-21)26(28-32-2)17-34-22-9-3-18(4-10-22)16-33-23-13-5-19(6-14-23)24-15-25(24)27(29)30/h3-14,17,24-25,28H,15-16H2,1-2H3,(H,29,30). The van der Waals surface area contributed by atoms with E-state index in [1.807, 2.05) is 72.8 Å². The summed E-state index contributed by atoms with van der Waals surface area (Å²) >= 11 is 0. The number of hydrogen-bond donors (Lipinski definition) is 2. The van der Waals surface area contributed by atoms with Gasteiger partial charge in [-0.25, -0.2) is 0 Å². The van der Waals surface area contributed by atoms with E-state index in [1.165, 1.54) is 0 Å². The highest BCUT2D eigenvalue weighted by atomic mass is 16.6. The molecule has 176 valence electrons. The molecule has 2 atom stereocenters. The van der Waals surface area contributed by atoms with Crippen LogP contribution in [0.4, 0.5) is 0 Å². The van der Waals surface area contributed by atoms with Gasteiger partial charge in [0.2, 0.25) is 0 Å². The number of rotatable bonds is 11. The van der Waals surface area contributed by atoms with E-state index in [4.69, 9.17) is 24.2 Å². The predicted molar refractivity (Wildman–Crippen MR) is 127 cm³/mol. The van der Waals surface area contributed by atoms with Gasteiger partial charge in [0.25, 0.3) is 0 Å². The van der Waals surface area contributed by atoms with E-state index in [1.54, 1.807) is 20.5 Å². The van der Waals surface area contributed by atoms with E-state index >= 15 is 0 Å². The zero-order chi connectivity index (χ0) is 23.9. The molecule has 0 amide bonds. The first-order valence-electron chi connectivity index (χ1n) is 10.9. The van der Waals surface area contributed by atoms with Crippen LogP contribution in [0, 0.1) is 5.92 Å². The summed E-state index contributed by atoms with van der Waals surface area (Å²) in [6.07, 6.45) is 2.30. The number of nitrogens with one attached hydrogen (secondary N) is 1. The number of benzene rings is 3. The molecule has 0 saturated heterocycles. The van der Waals surface area contributed by atoms with Crippen molar-refractivity contribution in [1.82, 2.24) is 5.48 Å². The number of carbonyl (C=O) groups is 1. The van der Waals surface area contributed by atoms with Crippen molar-refractivity contribution in [3.05, 3.63) is 95.7 Å². The third-order valence-electron chi connectivity index (χ3n) is 5.67. The maximum atomic E-state index is 11.0. The van der Waals surface area contributed by atoms with Crippen molar-refractivity contribution >= 4 is 11.7 Å². The topological polar surface area (TPSA) is 86.2 Å². The van der Waals surface area contributed by atoms with Crippen LogP contribution in [0.1, 0.15) is 29.0 Å². The monoisotopic (exact) mass is 461 g/mol. The van der Waals surface area contributed by atoms with Gasteiger partial charge in [-0.2, -0.15) is 0 Å². The van der Waals surface area contributed by atoms with Crippen molar-refractivity contribution in [3.63, 3.8) is 0 Å². The lowest BCUT2D eigenvalue weighted by molar-refractivity contribution is -0.138. The van der Waals surface area contributed by atoms with Crippen LogP contribution in [0.3, 0.4) is 0 Å². The molecule has 1 aliphatic carbocycles. The number of carboxylic acids is 1. The molecule has 7 heteroatoms. The molecule has 0 radical (unpaired) electrons. The fourth-order valence-electron chi connectivity index (χ4n) is 3.64. The van der Waals surface area contributed by atoms with Gasteiger partial charge in [0.15, 0.2) is 0 Å². The molecule has 1 aliphatic rings. The summed E-state index contributed by atoms with van der Waals surface area (Å²) in [7, 11) is 3.16. The Morgan fingerprint density at radius 2 is 1.59 bits per heavy atom. The molecule has 1 saturated carbocycles. The zero-order valence-corrected chi connectivity index (χ0v) is 19.1. The zero-order valence-electron chi connectivity index (χ0n) is 19.1. The minimum Gasteiger partial charge on any atom is -0.497 e. The molecule has 0 bridgehead atoms. The first-order valence-corrected chi connectivity index (χ1v) is 10.9. The minimum absolute atomic E-state index is 0.123. The molecule has 3 aromatic rings. The number of methoxy groups -OCH3 is 1. The second kappa shape index (κ2) is 10.8. The third kappa shape index (κ3) is 5.88. The van der Waals surface area contributed by atoms with Crippen molar-refractivity contribution in [2.75, 3.05) is 14.2 Å². The summed E-state index contributed by atoms with van der Waals surface area (Å²) < 4.78 is 16.9. The van der Waals surface area contributed by atoms with E-state index in [0.717, 1.165) is 28.2 Å². The molecular weight excluding hydrogens is 434 g/mol. The highest BCUT2D eigenvalue weighted by molar-refractivity contribution is 5.75. The average Bonchev–Trinajstić information content (AvgIpc) is 3.68. The van der Waals surface area contributed by atoms with Gasteiger partial charge in [0.1, 0.15) is 35.8 Å². The lowest BCUT2D eigenvalue weighted by Gasteiger charge is -2.11. The van der Waals surface area contributed by atoms with Crippen LogP contribution >= 0.6 is 0 Å². The SMILES string of the molecule is CONC(=COc1ccc(COc2ccc(C3CC3C(=O)O)cc2)cc1)c1ccc(OC)cc1. The smallest absolute Gasteiger partial charge is 0.307 e. The number of carboxylic acid groups (broad SMARTS) is 1. The van der Waals surface area contributed by atoms with Crippen LogP contribution in [0.15, 0.2) is 79.1 Å². The molecule has 7 nitrogen and oxygen atoms in total. The molecule has 3 aromatic carbocycles. The van der Waals surface area contributed by atoms with Gasteiger partial charge in [-0.3, -0.25) is 15.1 Å². The van der Waals surface area contributed by atoms with E-state index in [0.29, 0.717) is 24.5 Å². The minimum atomic E-state index is -0.722. The second-order valence-electron chi connectivity index (χ2n) is 7.97. The molecule has 0 aromatic heterocycles. The third-order valence-corrected chi connectivity index (χ3v) is 5.67. The molecule has 0 heterocycles. The first kappa shape index (κ1) is 23.2. The van der Waals surface area contributed by atoms with Gasteiger partial charge in [-0.05, 0) is 72.0 Å². The van der Waals surface area contributed by atoms with E-state index < -0.39 is 5.97 Å². The van der Waals surface area contributed by atoms with Gasteiger partial charge < -0.3 is 19.3 Å². The van der Waals surface area contributed by atoms with Gasteiger partial charge in [0.05, 0.1) is 20.1 Å². The van der Waals surface area contributed by atoms with E-state index in [-0.39, 0.29) is 11.8 Å². The molecule has 4 rings (SSSR count). The Morgan fingerprint density at radius 3 is 2.18 bits per heavy atom. The summed E-state index contributed by atoms with van der Waals surface area (Å²) in [6.45, 7) is 0.416. The van der Waals surface area contributed by atoms with E-state index in [9.17, 15) is 4.79 Å². The average molecular weight is 462 g/mol. The van der Waals surface area contributed by atoms with Crippen LogP contribution in [0.5, 0.6) is 17.2 Å². The van der Waals surface area contributed by atoms with Crippen LogP contribution in [-0.4, -0.2) is 25.3 Å². The Hall–Kier alpha value is -3.97. The number of hydrogen-bond acceptors (Lipinski definition) is 6. The summed E-state index contributed by atoms with van der Waals surface area (Å²) in [5, 5.41) is 9.07. The maximum absolute atomic E-state index is 11.0. The number of ether oxygens (including phenoxy) is 3. The van der Waals surface area contributed by atoms with Gasteiger partial charge in [-0.1, -0.05) is 24.3 Å². The second-order valence-corrected chi connectivity index (χ2v) is 7.97. The van der Waals surface area contributed by atoms with Crippen LogP contribution in [0.2, 0.25) is 0 Å². The summed E-state index contributed by atoms with van der Waals surface area (Å²) in [5.41, 5.74) is 6.43. The summed E-state index contributed by atoms with van der Waals surface area (Å²) in [5.74, 6) is 1.34. The Morgan fingerprint density at radius 1 is 0.941 bits per heavy atom. The molecule has 34 heavy (non-hydrogen) atoms. The molecule has 0 aliphatic heterocycles. The van der Waals surface area contributed by atoms with Gasteiger partial charge in [-0.15, -0.1) is 0 Å². The van der Waals surface area contributed by atoms with Crippen molar-refractivity contribution in [2.24, 2.45) is 5.92 Å². The van der Waals surface area contributed by atoms with E-state index in [2.05, 4.69) is 5.48 Å². The van der Waals surface area contributed by atoms with Crippen molar-refractivity contribution in [1.29, 1.82) is 0 Å². The van der Waals surface area contributed by atoms with Crippen LogP contribution in [0.25, 0.3) is 5.70 Å².